The van der Waals surface area contributed by atoms with E-state index in [4.69, 9.17) is 4.74 Å². The van der Waals surface area contributed by atoms with Gasteiger partial charge in [0.05, 0.1) is 18.2 Å². The van der Waals surface area contributed by atoms with Crippen LogP contribution in [-0.2, 0) is 24.2 Å². The van der Waals surface area contributed by atoms with Gasteiger partial charge in [0.15, 0.2) is 0 Å². The van der Waals surface area contributed by atoms with Gasteiger partial charge in [-0.25, -0.2) is 9.37 Å². The maximum absolute atomic E-state index is 13.0. The molecule has 2 aromatic carbocycles. The zero-order chi connectivity index (χ0) is 19.9. The average Bonchev–Trinajstić information content (AvgIpc) is 3.14. The highest BCUT2D eigenvalue weighted by atomic mass is 32.1. The zero-order valence-corrected chi connectivity index (χ0v) is 16.8. The van der Waals surface area contributed by atoms with Gasteiger partial charge in [-0.15, -0.1) is 11.3 Å². The van der Waals surface area contributed by atoms with E-state index in [1.54, 1.807) is 12.1 Å². The topological polar surface area (TPSA) is 51.2 Å². The Labute approximate surface area is 168 Å². The fourth-order valence-electron chi connectivity index (χ4n) is 2.75. The largest absolute Gasteiger partial charge is 0.486 e. The van der Waals surface area contributed by atoms with E-state index in [2.05, 4.69) is 29.4 Å². The summed E-state index contributed by atoms with van der Waals surface area (Å²) in [5.41, 5.74) is 2.84. The van der Waals surface area contributed by atoms with Gasteiger partial charge in [0.25, 0.3) is 0 Å². The lowest BCUT2D eigenvalue weighted by atomic mass is 10.1. The van der Waals surface area contributed by atoms with E-state index in [-0.39, 0.29) is 24.2 Å². The molecular weight excluding hydrogens is 375 g/mol. The molecule has 0 radical (unpaired) electrons. The lowest BCUT2D eigenvalue weighted by molar-refractivity contribution is -0.121. The minimum Gasteiger partial charge on any atom is -0.486 e. The summed E-state index contributed by atoms with van der Waals surface area (Å²) < 4.78 is 18.8. The molecule has 0 saturated carbocycles. The van der Waals surface area contributed by atoms with Crippen molar-refractivity contribution in [3.63, 3.8) is 0 Å². The molecule has 28 heavy (non-hydrogen) atoms. The normalized spacial score (nSPS) is 11.8. The molecule has 1 N–H and O–H groups in total. The van der Waals surface area contributed by atoms with Crippen molar-refractivity contribution in [2.24, 2.45) is 0 Å². The molecule has 0 fully saturated rings. The molecule has 3 aromatic rings. The molecular formula is C22H23FN2O2S. The van der Waals surface area contributed by atoms with Crippen LogP contribution in [0.3, 0.4) is 0 Å². The van der Waals surface area contributed by atoms with Crippen molar-refractivity contribution in [1.82, 2.24) is 10.3 Å². The highest BCUT2D eigenvalue weighted by Gasteiger charge is 2.12. The zero-order valence-electron chi connectivity index (χ0n) is 15.9. The first-order chi connectivity index (χ1) is 13.5. The molecule has 3 rings (SSSR count). The Morgan fingerprint density at radius 2 is 1.89 bits per heavy atom. The third kappa shape index (κ3) is 5.63. The molecule has 6 heteroatoms. The Hall–Kier alpha value is -2.73. The first-order valence-electron chi connectivity index (χ1n) is 9.23. The monoisotopic (exact) mass is 398 g/mol. The minimum absolute atomic E-state index is 0.121. The minimum atomic E-state index is -0.291. The summed E-state index contributed by atoms with van der Waals surface area (Å²) in [4.78, 5) is 16.7. The lowest BCUT2D eigenvalue weighted by Gasteiger charge is -2.13. The second-order valence-electron chi connectivity index (χ2n) is 6.54. The number of nitrogens with one attached hydrogen (secondary N) is 1. The first-order valence-corrected chi connectivity index (χ1v) is 10.1. The highest BCUT2D eigenvalue weighted by Crippen LogP contribution is 2.17. The number of ether oxygens (including phenoxy) is 1. The Balaban J connectivity index is 1.49. The summed E-state index contributed by atoms with van der Waals surface area (Å²) in [5.74, 6) is 0.394. The standard InChI is InChI=1S/C22H23FN2O2S/c1-3-16-4-10-20(11-5-16)27-13-22-25-19(14-28-22)12-21(26)24-15(2)17-6-8-18(23)9-7-17/h4-11,14-15H,3,12-13H2,1-2H3,(H,24,26)/t15-/m1/s1. The van der Waals surface area contributed by atoms with E-state index >= 15 is 0 Å². The number of hydrogen-bond acceptors (Lipinski definition) is 4. The van der Waals surface area contributed by atoms with Crippen LogP contribution in [0.5, 0.6) is 5.75 Å². The van der Waals surface area contributed by atoms with Gasteiger partial charge in [-0.1, -0.05) is 31.2 Å². The van der Waals surface area contributed by atoms with Crippen LogP contribution < -0.4 is 10.1 Å². The molecule has 0 saturated heterocycles. The number of carbonyl (C=O) groups excluding carboxylic acids is 1. The molecule has 1 aromatic heterocycles. The summed E-state index contributed by atoms with van der Waals surface area (Å²) in [6.07, 6.45) is 1.20. The number of halogens is 1. The number of rotatable bonds is 8. The molecule has 0 bridgehead atoms. The molecule has 1 heterocycles. The van der Waals surface area contributed by atoms with E-state index < -0.39 is 0 Å². The van der Waals surface area contributed by atoms with Gasteiger partial charge >= 0.3 is 0 Å². The van der Waals surface area contributed by atoms with Gasteiger partial charge in [0.2, 0.25) is 5.91 Å². The molecule has 0 aliphatic carbocycles. The van der Waals surface area contributed by atoms with Gasteiger partial charge < -0.3 is 10.1 Å². The predicted molar refractivity (Wildman–Crippen MR) is 109 cm³/mol. The van der Waals surface area contributed by atoms with E-state index in [0.29, 0.717) is 12.3 Å². The van der Waals surface area contributed by atoms with E-state index in [9.17, 15) is 9.18 Å². The Bertz CT molecular complexity index is 907. The Kier molecular flexibility index (Phi) is 6.76. The second kappa shape index (κ2) is 9.46. The van der Waals surface area contributed by atoms with Gasteiger partial charge in [0.1, 0.15) is 23.2 Å². The number of aryl methyl sites for hydroxylation is 1. The van der Waals surface area contributed by atoms with Crippen LogP contribution in [0, 0.1) is 5.82 Å². The Morgan fingerprint density at radius 3 is 2.57 bits per heavy atom. The molecule has 4 nitrogen and oxygen atoms in total. The molecule has 0 spiro atoms. The predicted octanol–water partition coefficient (Wildman–Crippen LogP) is 4.84. The summed E-state index contributed by atoms with van der Waals surface area (Å²) in [7, 11) is 0. The number of benzene rings is 2. The van der Waals surface area contributed by atoms with Crippen molar-refractivity contribution in [3.05, 3.63) is 81.6 Å². The van der Waals surface area contributed by atoms with Crippen LogP contribution in [-0.4, -0.2) is 10.9 Å². The SMILES string of the molecule is CCc1ccc(OCc2nc(CC(=O)N[C@H](C)c3ccc(F)cc3)cs2)cc1. The van der Waals surface area contributed by atoms with Crippen LogP contribution in [0.1, 0.15) is 41.7 Å². The number of amides is 1. The summed E-state index contributed by atoms with van der Waals surface area (Å²) in [6, 6.07) is 13.9. The smallest absolute Gasteiger partial charge is 0.226 e. The molecule has 0 aliphatic rings. The van der Waals surface area contributed by atoms with Crippen molar-refractivity contribution in [1.29, 1.82) is 0 Å². The van der Waals surface area contributed by atoms with Crippen LogP contribution in [0.25, 0.3) is 0 Å². The van der Waals surface area contributed by atoms with Gasteiger partial charge in [0, 0.05) is 5.38 Å². The third-order valence-corrected chi connectivity index (χ3v) is 5.25. The van der Waals surface area contributed by atoms with Gasteiger partial charge in [-0.2, -0.15) is 0 Å². The Morgan fingerprint density at radius 1 is 1.18 bits per heavy atom. The number of nitrogens with zero attached hydrogens (tertiary/aromatic N) is 1. The van der Waals surface area contributed by atoms with Crippen molar-refractivity contribution in [2.75, 3.05) is 0 Å². The highest BCUT2D eigenvalue weighted by molar-refractivity contribution is 7.09. The van der Waals surface area contributed by atoms with Gasteiger partial charge in [-0.3, -0.25) is 4.79 Å². The molecule has 1 atom stereocenters. The summed E-state index contributed by atoms with van der Waals surface area (Å²) >= 11 is 1.48. The first kappa shape index (κ1) is 20.0. The fourth-order valence-corrected chi connectivity index (χ4v) is 3.46. The van der Waals surface area contributed by atoms with Crippen LogP contribution in [0.15, 0.2) is 53.9 Å². The second-order valence-corrected chi connectivity index (χ2v) is 7.48. The molecule has 0 unspecified atom stereocenters. The van der Waals surface area contributed by atoms with Gasteiger partial charge in [-0.05, 0) is 48.7 Å². The maximum atomic E-state index is 13.0. The van der Waals surface area contributed by atoms with E-state index in [0.717, 1.165) is 22.7 Å². The van der Waals surface area contributed by atoms with E-state index in [1.807, 2.05) is 24.4 Å². The van der Waals surface area contributed by atoms with Crippen molar-refractivity contribution in [3.8, 4) is 5.75 Å². The van der Waals surface area contributed by atoms with E-state index in [1.165, 1.54) is 29.0 Å². The molecule has 146 valence electrons. The van der Waals surface area contributed by atoms with Crippen LogP contribution in [0.2, 0.25) is 0 Å². The summed E-state index contributed by atoms with van der Waals surface area (Å²) in [6.45, 7) is 4.36. The van der Waals surface area contributed by atoms with Crippen LogP contribution >= 0.6 is 11.3 Å². The van der Waals surface area contributed by atoms with Crippen molar-refractivity contribution >= 4 is 17.2 Å². The fraction of sp³-hybridized carbons (Fsp3) is 0.273. The lowest BCUT2D eigenvalue weighted by Crippen LogP contribution is -2.28. The average molecular weight is 399 g/mol. The van der Waals surface area contributed by atoms with Crippen molar-refractivity contribution < 1.29 is 13.9 Å². The number of carbonyl (C=O) groups is 1. The van der Waals surface area contributed by atoms with Crippen LogP contribution in [0.4, 0.5) is 4.39 Å². The quantitative estimate of drug-likeness (QED) is 0.590. The molecule has 0 aliphatic heterocycles. The number of aromatic nitrogens is 1. The maximum Gasteiger partial charge on any atom is 0.226 e. The summed E-state index contributed by atoms with van der Waals surface area (Å²) in [5, 5.41) is 5.62. The number of thiazole rings is 1. The number of hydrogen-bond donors (Lipinski definition) is 1. The third-order valence-electron chi connectivity index (χ3n) is 4.38. The molecule has 1 amide bonds. The van der Waals surface area contributed by atoms with Crippen molar-refractivity contribution in [2.45, 2.75) is 39.3 Å².